The molecule has 0 spiro atoms. The summed E-state index contributed by atoms with van der Waals surface area (Å²) in [4.78, 5) is 6.22. The van der Waals surface area contributed by atoms with E-state index in [9.17, 15) is 0 Å². The van der Waals surface area contributed by atoms with Crippen molar-refractivity contribution >= 4 is 27.2 Å². The third kappa shape index (κ3) is 1.58. The van der Waals surface area contributed by atoms with Crippen LogP contribution in [0.2, 0.25) is 0 Å². The van der Waals surface area contributed by atoms with Gasteiger partial charge in [-0.15, -0.1) is 11.3 Å². The minimum atomic E-state index is 0.533. The van der Waals surface area contributed by atoms with Gasteiger partial charge in [-0.05, 0) is 36.3 Å². The highest BCUT2D eigenvalue weighted by Gasteiger charge is 2.24. The number of rotatable bonds is 0. The lowest BCUT2D eigenvalue weighted by atomic mass is 9.81. The van der Waals surface area contributed by atoms with Gasteiger partial charge >= 0.3 is 0 Å². The number of hydrogen-bond donors (Lipinski definition) is 1. The number of thiophene rings is 1. The number of nitriles is 1. The monoisotopic (exact) mass is 257 g/mol. The molecule has 92 valence electrons. The molecule has 2 aromatic rings. The second-order valence-electron chi connectivity index (χ2n) is 5.28. The molecule has 0 radical (unpaired) electrons. The lowest BCUT2D eigenvalue weighted by molar-refractivity contribution is 0.444. The molecule has 0 amide bonds. The minimum absolute atomic E-state index is 0.533. The summed E-state index contributed by atoms with van der Waals surface area (Å²) in [6.45, 7) is 4.52. The Balaban J connectivity index is 2.26. The SMILES string of the molecule is CC1Cc2nc3sc(C#N)c(N)c3cc2C(C)C1. The molecule has 4 heteroatoms. The predicted octanol–water partition coefficient (Wildman–Crippen LogP) is 3.44. The fourth-order valence-electron chi connectivity index (χ4n) is 2.91. The molecule has 2 atom stereocenters. The van der Waals surface area contributed by atoms with Gasteiger partial charge in [0.05, 0.1) is 5.69 Å². The van der Waals surface area contributed by atoms with E-state index in [1.807, 2.05) is 0 Å². The Morgan fingerprint density at radius 2 is 2.28 bits per heavy atom. The summed E-state index contributed by atoms with van der Waals surface area (Å²) in [5.74, 6) is 1.22. The molecule has 2 heterocycles. The van der Waals surface area contributed by atoms with Gasteiger partial charge in [-0.3, -0.25) is 0 Å². The van der Waals surface area contributed by atoms with Crippen LogP contribution in [0.3, 0.4) is 0 Å². The maximum Gasteiger partial charge on any atom is 0.130 e. The molecule has 1 aliphatic rings. The lowest BCUT2D eigenvalue weighted by Gasteiger charge is -2.26. The third-order valence-corrected chi connectivity index (χ3v) is 4.78. The summed E-state index contributed by atoms with van der Waals surface area (Å²) < 4.78 is 0. The topological polar surface area (TPSA) is 62.7 Å². The lowest BCUT2D eigenvalue weighted by Crippen LogP contribution is -2.16. The Kier molecular flexibility index (Phi) is 2.53. The number of nitrogens with two attached hydrogens (primary N) is 1. The van der Waals surface area contributed by atoms with Gasteiger partial charge in [-0.1, -0.05) is 13.8 Å². The highest BCUT2D eigenvalue weighted by Crippen LogP contribution is 2.39. The molecule has 0 saturated heterocycles. The summed E-state index contributed by atoms with van der Waals surface area (Å²) in [6, 6.07) is 4.30. The first-order valence-corrected chi connectivity index (χ1v) is 7.03. The van der Waals surface area contributed by atoms with E-state index in [0.29, 0.717) is 22.4 Å². The Labute approximate surface area is 110 Å². The first kappa shape index (κ1) is 11.5. The van der Waals surface area contributed by atoms with Gasteiger partial charge in [0.15, 0.2) is 0 Å². The summed E-state index contributed by atoms with van der Waals surface area (Å²) in [6.07, 6.45) is 2.24. The Bertz CT molecular complexity index is 666. The molecule has 0 saturated carbocycles. The van der Waals surface area contributed by atoms with Gasteiger partial charge in [0.25, 0.3) is 0 Å². The number of nitrogen functional groups attached to an aromatic ring is 1. The molecule has 2 unspecified atom stereocenters. The van der Waals surface area contributed by atoms with Crippen molar-refractivity contribution in [1.82, 2.24) is 4.98 Å². The molecule has 3 nitrogen and oxygen atoms in total. The van der Waals surface area contributed by atoms with Crippen molar-refractivity contribution in [1.29, 1.82) is 5.26 Å². The van der Waals surface area contributed by atoms with Crippen LogP contribution in [-0.4, -0.2) is 4.98 Å². The van der Waals surface area contributed by atoms with E-state index in [-0.39, 0.29) is 0 Å². The molecule has 2 aromatic heterocycles. The number of fused-ring (bicyclic) bond motifs is 2. The van der Waals surface area contributed by atoms with Gasteiger partial charge in [-0.25, -0.2) is 4.98 Å². The molecule has 2 N–H and O–H groups in total. The Morgan fingerprint density at radius 1 is 1.50 bits per heavy atom. The summed E-state index contributed by atoms with van der Waals surface area (Å²) in [5.41, 5.74) is 9.11. The van der Waals surface area contributed by atoms with Gasteiger partial charge in [-0.2, -0.15) is 5.26 Å². The third-order valence-electron chi connectivity index (χ3n) is 3.76. The molecule has 0 bridgehead atoms. The van der Waals surface area contributed by atoms with Crippen LogP contribution in [0.5, 0.6) is 0 Å². The summed E-state index contributed by atoms with van der Waals surface area (Å²) in [7, 11) is 0. The average molecular weight is 257 g/mol. The quantitative estimate of drug-likeness (QED) is 0.786. The maximum absolute atomic E-state index is 9.03. The first-order valence-electron chi connectivity index (χ1n) is 6.22. The minimum Gasteiger partial charge on any atom is -0.396 e. The van der Waals surface area contributed by atoms with Crippen LogP contribution in [0.4, 0.5) is 5.69 Å². The van der Waals surface area contributed by atoms with Gasteiger partial charge in [0.1, 0.15) is 15.8 Å². The van der Waals surface area contributed by atoms with E-state index in [1.54, 1.807) is 0 Å². The predicted molar refractivity (Wildman–Crippen MR) is 74.6 cm³/mol. The van der Waals surface area contributed by atoms with E-state index in [4.69, 9.17) is 16.0 Å². The fraction of sp³-hybridized carbons (Fsp3) is 0.429. The van der Waals surface area contributed by atoms with Gasteiger partial charge in [0.2, 0.25) is 0 Å². The average Bonchev–Trinajstić information content (AvgIpc) is 2.63. The van der Waals surface area contributed by atoms with Crippen LogP contribution in [0.15, 0.2) is 6.07 Å². The van der Waals surface area contributed by atoms with Crippen molar-refractivity contribution in [2.24, 2.45) is 5.92 Å². The van der Waals surface area contributed by atoms with E-state index in [2.05, 4.69) is 26.0 Å². The molecule has 18 heavy (non-hydrogen) atoms. The van der Waals surface area contributed by atoms with E-state index in [1.165, 1.54) is 29.0 Å². The van der Waals surface area contributed by atoms with Crippen LogP contribution in [0.25, 0.3) is 10.2 Å². The van der Waals surface area contributed by atoms with E-state index in [0.717, 1.165) is 16.6 Å². The van der Waals surface area contributed by atoms with Crippen LogP contribution < -0.4 is 5.73 Å². The van der Waals surface area contributed by atoms with Crippen LogP contribution in [-0.2, 0) is 6.42 Å². The number of anilines is 1. The number of hydrogen-bond acceptors (Lipinski definition) is 4. The molecule has 0 fully saturated rings. The Morgan fingerprint density at radius 3 is 3.00 bits per heavy atom. The molecular weight excluding hydrogens is 242 g/mol. The Hall–Kier alpha value is -1.60. The van der Waals surface area contributed by atoms with Crippen LogP contribution in [0, 0.1) is 17.2 Å². The van der Waals surface area contributed by atoms with E-state index < -0.39 is 0 Å². The molecule has 3 rings (SSSR count). The standard InChI is InChI=1S/C14H15N3S/c1-7-3-8(2)9-5-10-13(16)12(6-15)18-14(10)17-11(9)4-7/h5,7-8H,3-4,16H2,1-2H3. The highest BCUT2D eigenvalue weighted by atomic mass is 32.1. The zero-order valence-corrected chi connectivity index (χ0v) is 11.3. The summed E-state index contributed by atoms with van der Waals surface area (Å²) in [5, 5.41) is 9.99. The zero-order chi connectivity index (χ0) is 12.9. The molecule has 1 aliphatic carbocycles. The van der Waals surface area contributed by atoms with Gasteiger partial charge < -0.3 is 5.73 Å². The largest absolute Gasteiger partial charge is 0.396 e. The molecule has 0 aliphatic heterocycles. The number of nitrogens with zero attached hydrogens (tertiary/aromatic N) is 2. The van der Waals surface area contributed by atoms with Crippen molar-refractivity contribution in [3.8, 4) is 6.07 Å². The smallest absolute Gasteiger partial charge is 0.130 e. The zero-order valence-electron chi connectivity index (χ0n) is 10.5. The number of pyridine rings is 1. The van der Waals surface area contributed by atoms with Crippen molar-refractivity contribution < 1.29 is 0 Å². The second kappa shape index (κ2) is 3.96. The second-order valence-corrected chi connectivity index (χ2v) is 6.28. The highest BCUT2D eigenvalue weighted by molar-refractivity contribution is 7.19. The number of aromatic nitrogens is 1. The van der Waals surface area contributed by atoms with Crippen LogP contribution in [0.1, 0.15) is 42.3 Å². The maximum atomic E-state index is 9.03. The van der Waals surface area contributed by atoms with Crippen molar-refractivity contribution in [3.05, 3.63) is 22.2 Å². The van der Waals surface area contributed by atoms with E-state index >= 15 is 0 Å². The normalized spacial score (nSPS) is 22.7. The summed E-state index contributed by atoms with van der Waals surface area (Å²) >= 11 is 1.40. The van der Waals surface area contributed by atoms with Crippen LogP contribution >= 0.6 is 11.3 Å². The van der Waals surface area contributed by atoms with Crippen molar-refractivity contribution in [3.63, 3.8) is 0 Å². The van der Waals surface area contributed by atoms with Gasteiger partial charge in [0, 0.05) is 11.1 Å². The molecular formula is C14H15N3S. The first-order chi connectivity index (χ1) is 8.60. The molecule has 0 aromatic carbocycles. The van der Waals surface area contributed by atoms with Crippen molar-refractivity contribution in [2.45, 2.75) is 32.6 Å². The fourth-order valence-corrected chi connectivity index (χ4v) is 3.80. The van der Waals surface area contributed by atoms with Crippen molar-refractivity contribution in [2.75, 3.05) is 5.73 Å².